The summed E-state index contributed by atoms with van der Waals surface area (Å²) in [4.78, 5) is 28.2. The maximum atomic E-state index is 12.5. The number of aryl methyl sites for hydroxylation is 1. The molecule has 0 aliphatic heterocycles. The van der Waals surface area contributed by atoms with E-state index in [1.807, 2.05) is 29.5 Å². The summed E-state index contributed by atoms with van der Waals surface area (Å²) in [6.45, 7) is 3.39. The van der Waals surface area contributed by atoms with Crippen molar-refractivity contribution in [1.29, 1.82) is 0 Å². The Bertz CT molecular complexity index is 1020. The van der Waals surface area contributed by atoms with Gasteiger partial charge in [-0.2, -0.15) is 0 Å². The first-order valence-corrected chi connectivity index (χ1v) is 8.10. The predicted molar refractivity (Wildman–Crippen MR) is 101 cm³/mol. The third kappa shape index (κ3) is 3.49. The second-order valence-corrected chi connectivity index (χ2v) is 5.84. The van der Waals surface area contributed by atoms with Crippen LogP contribution in [0, 0.1) is 6.92 Å². The summed E-state index contributed by atoms with van der Waals surface area (Å²) in [5, 5.41) is 2.67. The van der Waals surface area contributed by atoms with Crippen molar-refractivity contribution in [2.45, 2.75) is 13.8 Å². The largest absolute Gasteiger partial charge is 0.495 e. The van der Waals surface area contributed by atoms with E-state index in [9.17, 15) is 9.59 Å². The van der Waals surface area contributed by atoms with Crippen LogP contribution in [0.25, 0.3) is 11.7 Å². The number of nitrogens with zero attached hydrogens (tertiary/aromatic N) is 2. The number of imidazole rings is 1. The van der Waals surface area contributed by atoms with E-state index in [2.05, 4.69) is 10.3 Å². The van der Waals surface area contributed by atoms with Crippen LogP contribution in [-0.2, 0) is 4.79 Å². The number of methoxy groups -OCH3 is 1. The zero-order chi connectivity index (χ0) is 18.7. The number of hydrogen-bond donors (Lipinski definition) is 1. The van der Waals surface area contributed by atoms with Crippen molar-refractivity contribution in [3.63, 3.8) is 0 Å². The number of anilines is 1. The van der Waals surface area contributed by atoms with Gasteiger partial charge in [-0.25, -0.2) is 4.98 Å². The predicted octanol–water partition coefficient (Wildman–Crippen LogP) is 3.51. The SMILES string of the molecule is COc1ccc(C(=O)C=Cc2cnc3cccc(C)n23)cc1NC(C)=O. The minimum absolute atomic E-state index is 0.178. The number of ketones is 1. The smallest absolute Gasteiger partial charge is 0.221 e. The summed E-state index contributed by atoms with van der Waals surface area (Å²) in [5.41, 5.74) is 3.60. The van der Waals surface area contributed by atoms with Gasteiger partial charge in [-0.15, -0.1) is 0 Å². The van der Waals surface area contributed by atoms with Gasteiger partial charge in [-0.1, -0.05) is 6.07 Å². The number of amides is 1. The molecule has 6 nitrogen and oxygen atoms in total. The first kappa shape index (κ1) is 17.4. The van der Waals surface area contributed by atoms with Crippen molar-refractivity contribution in [3.05, 3.63) is 65.6 Å². The molecule has 0 unspecified atom stereocenters. The van der Waals surface area contributed by atoms with E-state index in [-0.39, 0.29) is 11.7 Å². The van der Waals surface area contributed by atoms with Crippen molar-refractivity contribution < 1.29 is 14.3 Å². The molecule has 0 spiro atoms. The number of rotatable bonds is 5. The Kier molecular flexibility index (Phi) is 4.84. The Morgan fingerprint density at radius 1 is 1.23 bits per heavy atom. The van der Waals surface area contributed by atoms with Gasteiger partial charge in [0.2, 0.25) is 5.91 Å². The van der Waals surface area contributed by atoms with Crippen LogP contribution in [0.5, 0.6) is 5.75 Å². The average Bonchev–Trinajstić information content (AvgIpc) is 3.03. The minimum atomic E-state index is -0.232. The fraction of sp³-hybridized carbons (Fsp3) is 0.150. The number of ether oxygens (including phenoxy) is 1. The summed E-state index contributed by atoms with van der Waals surface area (Å²) in [6, 6.07) is 10.8. The lowest BCUT2D eigenvalue weighted by Crippen LogP contribution is -2.08. The third-order valence-corrected chi connectivity index (χ3v) is 3.95. The summed E-state index contributed by atoms with van der Waals surface area (Å²) in [6.07, 6.45) is 4.95. The van der Waals surface area contributed by atoms with Crippen molar-refractivity contribution in [1.82, 2.24) is 9.38 Å². The summed E-state index contributed by atoms with van der Waals surface area (Å²) < 4.78 is 7.18. The molecule has 0 saturated heterocycles. The van der Waals surface area contributed by atoms with Crippen LogP contribution in [0.4, 0.5) is 5.69 Å². The number of hydrogen-bond acceptors (Lipinski definition) is 4. The molecule has 3 rings (SSSR count). The quantitative estimate of drug-likeness (QED) is 0.565. The lowest BCUT2D eigenvalue weighted by atomic mass is 10.1. The Labute approximate surface area is 151 Å². The van der Waals surface area contributed by atoms with Gasteiger partial charge in [0, 0.05) is 18.2 Å². The van der Waals surface area contributed by atoms with E-state index < -0.39 is 0 Å². The Hall–Kier alpha value is -3.41. The van der Waals surface area contributed by atoms with Crippen LogP contribution in [0.3, 0.4) is 0 Å². The van der Waals surface area contributed by atoms with Crippen LogP contribution >= 0.6 is 0 Å². The molecule has 0 atom stereocenters. The van der Waals surface area contributed by atoms with E-state index >= 15 is 0 Å². The van der Waals surface area contributed by atoms with Gasteiger partial charge in [0.05, 0.1) is 24.7 Å². The van der Waals surface area contributed by atoms with Crippen LogP contribution in [-0.4, -0.2) is 28.2 Å². The molecule has 0 saturated carbocycles. The summed E-state index contributed by atoms with van der Waals surface area (Å²) in [7, 11) is 1.51. The van der Waals surface area contributed by atoms with E-state index in [1.165, 1.54) is 20.1 Å². The van der Waals surface area contributed by atoms with Crippen LogP contribution in [0.2, 0.25) is 0 Å². The Balaban J connectivity index is 1.89. The molecule has 0 aliphatic carbocycles. The van der Waals surface area contributed by atoms with Crippen LogP contribution in [0.15, 0.2) is 48.7 Å². The van der Waals surface area contributed by atoms with Gasteiger partial charge in [0.15, 0.2) is 5.78 Å². The number of fused-ring (bicyclic) bond motifs is 1. The van der Waals surface area contributed by atoms with Crippen molar-refractivity contribution >= 4 is 29.1 Å². The normalized spacial score (nSPS) is 11.0. The van der Waals surface area contributed by atoms with Gasteiger partial charge < -0.3 is 10.1 Å². The van der Waals surface area contributed by atoms with Crippen LogP contribution < -0.4 is 10.1 Å². The van der Waals surface area contributed by atoms with Crippen molar-refractivity contribution in [2.24, 2.45) is 0 Å². The van der Waals surface area contributed by atoms with E-state index in [4.69, 9.17) is 4.74 Å². The maximum Gasteiger partial charge on any atom is 0.221 e. The highest BCUT2D eigenvalue weighted by Gasteiger charge is 2.10. The molecule has 132 valence electrons. The fourth-order valence-electron chi connectivity index (χ4n) is 2.75. The monoisotopic (exact) mass is 349 g/mol. The summed E-state index contributed by atoms with van der Waals surface area (Å²) in [5.74, 6) is 0.0885. The van der Waals surface area contributed by atoms with E-state index in [0.717, 1.165) is 17.0 Å². The first-order valence-electron chi connectivity index (χ1n) is 8.10. The molecular weight excluding hydrogens is 330 g/mol. The van der Waals surface area contributed by atoms with Gasteiger partial charge in [0.25, 0.3) is 0 Å². The van der Waals surface area contributed by atoms with Crippen molar-refractivity contribution in [3.8, 4) is 5.75 Å². The topological polar surface area (TPSA) is 72.7 Å². The molecule has 2 heterocycles. The van der Waals surface area contributed by atoms with E-state index in [1.54, 1.807) is 30.5 Å². The van der Waals surface area contributed by atoms with Gasteiger partial charge >= 0.3 is 0 Å². The molecule has 26 heavy (non-hydrogen) atoms. The standard InChI is InChI=1S/C20H19N3O3/c1-13-5-4-6-20-21-12-16(23(13)20)8-9-18(25)15-7-10-19(26-3)17(11-15)22-14(2)24/h4-12H,1-3H3,(H,22,24). The Morgan fingerprint density at radius 2 is 2.04 bits per heavy atom. The number of allylic oxidation sites excluding steroid dienone is 1. The number of benzene rings is 1. The molecule has 0 bridgehead atoms. The molecule has 6 heteroatoms. The second kappa shape index (κ2) is 7.23. The molecule has 0 aliphatic rings. The average molecular weight is 349 g/mol. The highest BCUT2D eigenvalue weighted by atomic mass is 16.5. The third-order valence-electron chi connectivity index (χ3n) is 3.95. The lowest BCUT2D eigenvalue weighted by molar-refractivity contribution is -0.114. The summed E-state index contributed by atoms with van der Waals surface area (Å²) >= 11 is 0. The molecular formula is C20H19N3O3. The minimum Gasteiger partial charge on any atom is -0.495 e. The number of pyridine rings is 1. The molecule has 1 amide bonds. The number of carbonyl (C=O) groups excluding carboxylic acids is 2. The zero-order valence-corrected chi connectivity index (χ0v) is 14.8. The maximum absolute atomic E-state index is 12.5. The highest BCUT2D eigenvalue weighted by Crippen LogP contribution is 2.26. The van der Waals surface area contributed by atoms with Crippen molar-refractivity contribution in [2.75, 3.05) is 12.4 Å². The molecule has 1 N–H and O–H groups in total. The molecule has 0 radical (unpaired) electrons. The number of aromatic nitrogens is 2. The van der Waals surface area contributed by atoms with Gasteiger partial charge in [-0.05, 0) is 49.4 Å². The zero-order valence-electron chi connectivity index (χ0n) is 14.8. The Morgan fingerprint density at radius 3 is 2.77 bits per heavy atom. The molecule has 3 aromatic rings. The molecule has 0 fully saturated rings. The lowest BCUT2D eigenvalue weighted by Gasteiger charge is -2.09. The first-order chi connectivity index (χ1) is 12.5. The van der Waals surface area contributed by atoms with E-state index in [0.29, 0.717) is 17.0 Å². The number of nitrogens with one attached hydrogen (secondary N) is 1. The molecule has 1 aromatic carbocycles. The van der Waals surface area contributed by atoms with Crippen LogP contribution in [0.1, 0.15) is 28.7 Å². The number of carbonyl (C=O) groups is 2. The molecule has 2 aromatic heterocycles. The fourth-order valence-corrected chi connectivity index (χ4v) is 2.75. The second-order valence-electron chi connectivity index (χ2n) is 5.84. The van der Waals surface area contributed by atoms with Gasteiger partial charge in [0.1, 0.15) is 11.4 Å². The van der Waals surface area contributed by atoms with Gasteiger partial charge in [-0.3, -0.25) is 14.0 Å². The highest BCUT2D eigenvalue weighted by molar-refractivity contribution is 6.08.